The quantitative estimate of drug-likeness (QED) is 0.618. The van der Waals surface area contributed by atoms with Gasteiger partial charge in [-0.2, -0.15) is 0 Å². The smallest absolute Gasteiger partial charge is 0.328 e. The van der Waals surface area contributed by atoms with Crippen LogP contribution in [-0.4, -0.2) is 30.6 Å². The molecule has 148 valence electrons. The lowest BCUT2D eigenvalue weighted by Crippen LogP contribution is -2.43. The maximum Gasteiger partial charge on any atom is 0.328 e. The van der Waals surface area contributed by atoms with Crippen LogP contribution in [0.3, 0.4) is 0 Å². The van der Waals surface area contributed by atoms with Gasteiger partial charge in [0.2, 0.25) is 0 Å². The molecule has 0 aliphatic heterocycles. The van der Waals surface area contributed by atoms with E-state index in [-0.39, 0.29) is 6.04 Å². The second kappa shape index (κ2) is 10.3. The molecule has 0 radical (unpaired) electrons. The second-order valence-corrected chi connectivity index (χ2v) is 6.57. The number of hydrogen-bond donors (Lipinski definition) is 3. The average Bonchev–Trinajstić information content (AvgIpc) is 2.66. The molecule has 0 aliphatic rings. The molecule has 0 heterocycles. The Morgan fingerprint density at radius 3 is 2.39 bits per heavy atom. The number of nitrogens with one attached hydrogen (secondary N) is 3. The summed E-state index contributed by atoms with van der Waals surface area (Å²) in [5.74, 6) is -1.17. The minimum atomic E-state index is -0.915. The number of esters is 1. The highest BCUT2D eigenvalue weighted by atomic mass is 35.5. The van der Waals surface area contributed by atoms with E-state index >= 15 is 0 Å². The van der Waals surface area contributed by atoms with E-state index in [9.17, 15) is 14.4 Å². The summed E-state index contributed by atoms with van der Waals surface area (Å²) in [7, 11) is 0. The minimum Gasteiger partial charge on any atom is -0.454 e. The number of para-hydroxylation sites is 1. The Morgan fingerprint density at radius 2 is 1.71 bits per heavy atom. The third kappa shape index (κ3) is 6.92. The van der Waals surface area contributed by atoms with Crippen molar-refractivity contribution in [1.82, 2.24) is 10.6 Å². The molecule has 28 heavy (non-hydrogen) atoms. The van der Waals surface area contributed by atoms with Crippen LogP contribution >= 0.6 is 11.6 Å². The van der Waals surface area contributed by atoms with Crippen LogP contribution in [0.5, 0.6) is 0 Å². The molecule has 2 atom stereocenters. The average molecular weight is 404 g/mol. The molecule has 0 saturated heterocycles. The Balaban J connectivity index is 1.74. The first-order chi connectivity index (χ1) is 13.3. The van der Waals surface area contributed by atoms with Crippen LogP contribution in [0.25, 0.3) is 0 Å². The van der Waals surface area contributed by atoms with E-state index < -0.39 is 30.6 Å². The number of carbonyl (C=O) groups excluding carboxylic acids is 3. The number of halogens is 1. The second-order valence-electron chi connectivity index (χ2n) is 6.14. The first-order valence-electron chi connectivity index (χ1n) is 8.69. The monoisotopic (exact) mass is 403 g/mol. The summed E-state index contributed by atoms with van der Waals surface area (Å²) in [6, 6.07) is 14.2. The lowest BCUT2D eigenvalue weighted by Gasteiger charge is -2.16. The van der Waals surface area contributed by atoms with Gasteiger partial charge >= 0.3 is 12.0 Å². The first kappa shape index (κ1) is 21.2. The van der Waals surface area contributed by atoms with Crippen molar-refractivity contribution in [3.05, 3.63) is 65.2 Å². The van der Waals surface area contributed by atoms with Crippen molar-refractivity contribution in [2.75, 3.05) is 11.9 Å². The van der Waals surface area contributed by atoms with E-state index in [1.54, 1.807) is 49.4 Å². The summed E-state index contributed by atoms with van der Waals surface area (Å²) in [6.45, 7) is 2.82. The molecule has 7 nitrogen and oxygen atoms in total. The molecule has 3 amide bonds. The molecule has 0 aliphatic carbocycles. The number of anilines is 1. The Labute approximate surface area is 168 Å². The Hall–Kier alpha value is -3.06. The van der Waals surface area contributed by atoms with Crippen molar-refractivity contribution in [2.24, 2.45) is 0 Å². The van der Waals surface area contributed by atoms with Gasteiger partial charge in [-0.1, -0.05) is 41.9 Å². The summed E-state index contributed by atoms with van der Waals surface area (Å²) >= 11 is 5.93. The van der Waals surface area contributed by atoms with Gasteiger partial charge in [0.15, 0.2) is 6.61 Å². The third-order valence-corrected chi connectivity index (χ3v) is 4.04. The molecule has 8 heteroatoms. The highest BCUT2D eigenvalue weighted by Crippen LogP contribution is 2.17. The molecule has 0 fully saturated rings. The highest BCUT2D eigenvalue weighted by Gasteiger charge is 2.19. The van der Waals surface area contributed by atoms with Crippen molar-refractivity contribution >= 4 is 35.2 Å². The Morgan fingerprint density at radius 1 is 1.00 bits per heavy atom. The van der Waals surface area contributed by atoms with Crippen LogP contribution < -0.4 is 16.0 Å². The van der Waals surface area contributed by atoms with Crippen LogP contribution in [0.1, 0.15) is 25.5 Å². The van der Waals surface area contributed by atoms with Gasteiger partial charge in [0.25, 0.3) is 5.91 Å². The number of rotatable bonds is 7. The molecule has 2 aromatic rings. The molecular weight excluding hydrogens is 382 g/mol. The lowest BCUT2D eigenvalue weighted by molar-refractivity contribution is -0.150. The van der Waals surface area contributed by atoms with Gasteiger partial charge in [0, 0.05) is 10.7 Å². The molecule has 2 aromatic carbocycles. The fraction of sp³-hybridized carbons (Fsp3) is 0.250. The maximum absolute atomic E-state index is 12.0. The predicted molar refractivity (Wildman–Crippen MR) is 107 cm³/mol. The largest absolute Gasteiger partial charge is 0.454 e. The van der Waals surface area contributed by atoms with Gasteiger partial charge in [0.05, 0.1) is 6.04 Å². The van der Waals surface area contributed by atoms with E-state index in [2.05, 4.69) is 16.0 Å². The zero-order valence-electron chi connectivity index (χ0n) is 15.6. The summed E-state index contributed by atoms with van der Waals surface area (Å²) in [5.41, 5.74) is 1.43. The summed E-state index contributed by atoms with van der Waals surface area (Å²) < 4.78 is 4.96. The van der Waals surface area contributed by atoms with E-state index in [1.807, 2.05) is 12.1 Å². The molecule has 0 bridgehead atoms. The van der Waals surface area contributed by atoms with Crippen LogP contribution in [0.2, 0.25) is 5.02 Å². The van der Waals surface area contributed by atoms with Crippen molar-refractivity contribution in [3.63, 3.8) is 0 Å². The minimum absolute atomic E-state index is 0.294. The third-order valence-electron chi connectivity index (χ3n) is 3.80. The fourth-order valence-electron chi connectivity index (χ4n) is 2.35. The van der Waals surface area contributed by atoms with Gasteiger partial charge in [-0.15, -0.1) is 0 Å². The molecule has 0 saturated carbocycles. The molecule has 3 N–H and O–H groups in total. The Kier molecular flexibility index (Phi) is 7.83. The number of amides is 3. The zero-order valence-corrected chi connectivity index (χ0v) is 16.3. The molecule has 0 spiro atoms. The van der Waals surface area contributed by atoms with Crippen molar-refractivity contribution in [2.45, 2.75) is 25.9 Å². The number of ether oxygens (including phenoxy) is 1. The topological polar surface area (TPSA) is 96.5 Å². The first-order valence-corrected chi connectivity index (χ1v) is 9.07. The Bertz CT molecular complexity index is 829. The van der Waals surface area contributed by atoms with Crippen LogP contribution in [0.4, 0.5) is 10.5 Å². The molecular formula is C20H22ClN3O4. The van der Waals surface area contributed by atoms with E-state index in [0.717, 1.165) is 5.56 Å². The van der Waals surface area contributed by atoms with Crippen LogP contribution in [0, 0.1) is 0 Å². The maximum atomic E-state index is 12.0. The molecule has 0 unspecified atom stereocenters. The SMILES string of the molecule is C[C@H](NC(=O)Nc1ccccc1)C(=O)OCC(=O)N[C@H](C)c1cccc(Cl)c1. The van der Waals surface area contributed by atoms with E-state index in [0.29, 0.717) is 10.7 Å². The van der Waals surface area contributed by atoms with Crippen LogP contribution in [-0.2, 0) is 14.3 Å². The van der Waals surface area contributed by atoms with E-state index in [4.69, 9.17) is 16.3 Å². The standard InChI is InChI=1S/C20H22ClN3O4/c1-13(15-7-6-8-16(21)11-15)22-18(25)12-28-19(26)14(2)23-20(27)24-17-9-4-3-5-10-17/h3-11,13-14H,12H2,1-2H3,(H,22,25)(H2,23,24,27)/t13-,14+/m1/s1. The summed E-state index contributed by atoms with van der Waals surface area (Å²) in [6.07, 6.45) is 0. The predicted octanol–water partition coefficient (Wildman–Crippen LogP) is 3.27. The van der Waals surface area contributed by atoms with Gasteiger partial charge in [-0.25, -0.2) is 9.59 Å². The van der Waals surface area contributed by atoms with Crippen molar-refractivity contribution in [1.29, 1.82) is 0 Å². The van der Waals surface area contributed by atoms with E-state index in [1.165, 1.54) is 6.92 Å². The van der Waals surface area contributed by atoms with Crippen molar-refractivity contribution < 1.29 is 19.1 Å². The summed E-state index contributed by atoms with van der Waals surface area (Å²) in [4.78, 5) is 35.8. The van der Waals surface area contributed by atoms with Gasteiger partial charge < -0.3 is 20.7 Å². The molecule has 2 rings (SSSR count). The zero-order chi connectivity index (χ0) is 20.5. The number of benzene rings is 2. The normalized spacial score (nSPS) is 12.4. The molecule has 0 aromatic heterocycles. The highest BCUT2D eigenvalue weighted by molar-refractivity contribution is 6.30. The fourth-order valence-corrected chi connectivity index (χ4v) is 2.55. The van der Waals surface area contributed by atoms with Gasteiger partial charge in [-0.05, 0) is 43.7 Å². The van der Waals surface area contributed by atoms with Crippen molar-refractivity contribution in [3.8, 4) is 0 Å². The number of urea groups is 1. The van der Waals surface area contributed by atoms with Crippen LogP contribution in [0.15, 0.2) is 54.6 Å². The van der Waals surface area contributed by atoms with Gasteiger partial charge in [-0.3, -0.25) is 4.79 Å². The number of hydrogen-bond acceptors (Lipinski definition) is 4. The lowest BCUT2D eigenvalue weighted by atomic mass is 10.1. The van der Waals surface area contributed by atoms with Gasteiger partial charge in [0.1, 0.15) is 6.04 Å². The number of carbonyl (C=O) groups is 3. The summed E-state index contributed by atoms with van der Waals surface area (Å²) in [5, 5.41) is 8.33.